The van der Waals surface area contributed by atoms with Crippen LogP contribution in [0.15, 0.2) is 40.2 Å². The molecule has 1 saturated heterocycles. The standard InChI is InChI=1S/C32H48N4O7S/c1-8-9-10-11-12-22-41-24-18-16-23(17-19-24)14-13-15-25-26(37)36(30(40)44-25)21-20-33-27(34-28(38)42-31(2,3)4)35-29(39)43-32(5,6)7/h15-19H,8-14,20-22H2,1-7H3,(H2,33,34,35,38,39)/b25-15-. The summed E-state index contributed by atoms with van der Waals surface area (Å²) in [5.74, 6) is 0.231. The van der Waals surface area contributed by atoms with Crippen molar-refractivity contribution in [2.45, 2.75) is 105 Å². The van der Waals surface area contributed by atoms with Gasteiger partial charge < -0.3 is 19.5 Å². The number of carbonyl (C=O) groups is 4. The maximum Gasteiger partial charge on any atom is 0.437 e. The van der Waals surface area contributed by atoms with Crippen LogP contribution in [0.4, 0.5) is 14.4 Å². The molecule has 2 rings (SSSR count). The minimum Gasteiger partial charge on any atom is -0.494 e. The molecule has 244 valence electrons. The number of guanidine groups is 1. The number of allylic oxidation sites excluding steroid dienone is 1. The number of aliphatic imine (C=N–C) groups is 1. The topological polar surface area (TPSA) is 136 Å². The van der Waals surface area contributed by atoms with E-state index in [4.69, 9.17) is 14.2 Å². The highest BCUT2D eigenvalue weighted by atomic mass is 32.2. The zero-order chi connectivity index (χ0) is 32.8. The van der Waals surface area contributed by atoms with Crippen molar-refractivity contribution >= 4 is 41.1 Å². The number of thioether (sulfide) groups is 1. The first-order chi connectivity index (χ1) is 20.7. The SMILES string of the molecule is CCCCCCCOc1ccc(CC/C=C2\SC(=O)N(CCN/C(=N\C(=O)OC(C)(C)C)NC(=O)OC(C)(C)C)C2=O)cc1. The highest BCUT2D eigenvalue weighted by molar-refractivity contribution is 8.18. The molecule has 12 heteroatoms. The molecule has 1 aromatic carbocycles. The number of benzene rings is 1. The van der Waals surface area contributed by atoms with E-state index in [2.05, 4.69) is 22.5 Å². The lowest BCUT2D eigenvalue weighted by molar-refractivity contribution is -0.122. The van der Waals surface area contributed by atoms with Gasteiger partial charge in [-0.25, -0.2) is 9.59 Å². The fourth-order valence-corrected chi connectivity index (χ4v) is 4.79. The Morgan fingerprint density at radius 1 is 0.955 bits per heavy atom. The fraction of sp³-hybridized carbons (Fsp3) is 0.594. The van der Waals surface area contributed by atoms with Crippen molar-refractivity contribution in [3.63, 3.8) is 0 Å². The molecule has 1 aliphatic rings. The number of alkyl carbamates (subject to hydrolysis) is 1. The minimum atomic E-state index is -0.926. The summed E-state index contributed by atoms with van der Waals surface area (Å²) in [6.07, 6.45) is 7.30. The maximum atomic E-state index is 12.9. The van der Waals surface area contributed by atoms with Gasteiger partial charge >= 0.3 is 12.2 Å². The molecule has 0 atom stereocenters. The van der Waals surface area contributed by atoms with Crippen molar-refractivity contribution in [2.24, 2.45) is 4.99 Å². The number of rotatable bonds is 13. The predicted molar refractivity (Wildman–Crippen MR) is 173 cm³/mol. The third-order valence-electron chi connectivity index (χ3n) is 5.92. The largest absolute Gasteiger partial charge is 0.494 e. The average Bonchev–Trinajstić information content (AvgIpc) is 3.16. The molecular weight excluding hydrogens is 584 g/mol. The lowest BCUT2D eigenvalue weighted by Crippen LogP contribution is -2.46. The summed E-state index contributed by atoms with van der Waals surface area (Å²) in [6.45, 7) is 13.1. The van der Waals surface area contributed by atoms with Crippen LogP contribution in [0.1, 0.15) is 92.6 Å². The Morgan fingerprint density at radius 3 is 2.25 bits per heavy atom. The molecule has 0 aliphatic carbocycles. The number of carbonyl (C=O) groups excluding carboxylic acids is 4. The Bertz CT molecular complexity index is 1180. The number of aryl methyl sites for hydroxylation is 1. The number of hydrogen-bond acceptors (Lipinski definition) is 8. The number of nitrogens with zero attached hydrogens (tertiary/aromatic N) is 2. The molecule has 44 heavy (non-hydrogen) atoms. The fourth-order valence-electron chi connectivity index (χ4n) is 3.92. The van der Waals surface area contributed by atoms with Gasteiger partial charge in [0.25, 0.3) is 11.1 Å². The molecule has 1 fully saturated rings. The van der Waals surface area contributed by atoms with Crippen LogP contribution >= 0.6 is 11.8 Å². The summed E-state index contributed by atoms with van der Waals surface area (Å²) < 4.78 is 16.2. The van der Waals surface area contributed by atoms with Gasteiger partial charge in [-0.2, -0.15) is 0 Å². The second kappa shape index (κ2) is 17.7. The number of hydrogen-bond donors (Lipinski definition) is 2. The third-order valence-corrected chi connectivity index (χ3v) is 6.88. The average molecular weight is 633 g/mol. The first-order valence-corrected chi connectivity index (χ1v) is 16.0. The van der Waals surface area contributed by atoms with E-state index in [0.717, 1.165) is 34.4 Å². The second-order valence-electron chi connectivity index (χ2n) is 12.3. The Balaban J connectivity index is 1.87. The summed E-state index contributed by atoms with van der Waals surface area (Å²) in [6, 6.07) is 7.94. The van der Waals surface area contributed by atoms with E-state index >= 15 is 0 Å². The number of unbranched alkanes of at least 4 members (excludes halogenated alkanes) is 4. The number of amides is 4. The van der Waals surface area contributed by atoms with E-state index in [9.17, 15) is 19.2 Å². The quantitative estimate of drug-likeness (QED) is 0.102. The van der Waals surface area contributed by atoms with E-state index < -0.39 is 34.5 Å². The molecule has 0 aromatic heterocycles. The summed E-state index contributed by atoms with van der Waals surface area (Å²) >= 11 is 0.885. The molecule has 2 N–H and O–H groups in total. The Kier molecular flexibility index (Phi) is 14.7. The van der Waals surface area contributed by atoms with Gasteiger partial charge in [0.05, 0.1) is 11.5 Å². The normalized spacial score (nSPS) is 15.0. The molecule has 0 unspecified atom stereocenters. The van der Waals surface area contributed by atoms with Crippen LogP contribution in [-0.2, 0) is 20.7 Å². The summed E-state index contributed by atoms with van der Waals surface area (Å²) in [7, 11) is 0. The number of nitrogens with one attached hydrogen (secondary N) is 2. The summed E-state index contributed by atoms with van der Waals surface area (Å²) in [5, 5.41) is 4.76. The van der Waals surface area contributed by atoms with E-state index in [0.29, 0.717) is 24.4 Å². The van der Waals surface area contributed by atoms with Crippen molar-refractivity contribution in [1.82, 2.24) is 15.5 Å². The lowest BCUT2D eigenvalue weighted by atomic mass is 10.1. The van der Waals surface area contributed by atoms with Crippen LogP contribution in [0.5, 0.6) is 5.75 Å². The second-order valence-corrected chi connectivity index (χ2v) is 13.3. The van der Waals surface area contributed by atoms with Crippen molar-refractivity contribution < 1.29 is 33.4 Å². The highest BCUT2D eigenvalue weighted by Gasteiger charge is 2.34. The van der Waals surface area contributed by atoms with Gasteiger partial charge in [-0.1, -0.05) is 50.8 Å². The van der Waals surface area contributed by atoms with Crippen LogP contribution in [0.25, 0.3) is 0 Å². The zero-order valence-electron chi connectivity index (χ0n) is 27.1. The molecule has 0 spiro atoms. The summed E-state index contributed by atoms with van der Waals surface area (Å²) in [5.41, 5.74) is -0.466. The van der Waals surface area contributed by atoms with Gasteiger partial charge in [0.1, 0.15) is 17.0 Å². The molecule has 0 saturated carbocycles. The molecule has 1 heterocycles. The lowest BCUT2D eigenvalue weighted by Gasteiger charge is -2.21. The van der Waals surface area contributed by atoms with Gasteiger partial charge in [-0.05, 0) is 90.3 Å². The Hall–Kier alpha value is -3.54. The van der Waals surface area contributed by atoms with Gasteiger partial charge in [-0.15, -0.1) is 4.99 Å². The molecule has 0 bridgehead atoms. The maximum absolute atomic E-state index is 12.9. The van der Waals surface area contributed by atoms with Crippen LogP contribution in [-0.4, -0.2) is 65.1 Å². The molecule has 0 radical (unpaired) electrons. The van der Waals surface area contributed by atoms with Crippen molar-refractivity contribution in [3.8, 4) is 5.75 Å². The van der Waals surface area contributed by atoms with Crippen LogP contribution in [0.2, 0.25) is 0 Å². The van der Waals surface area contributed by atoms with Crippen molar-refractivity contribution in [1.29, 1.82) is 0 Å². The highest BCUT2D eigenvalue weighted by Crippen LogP contribution is 2.30. The van der Waals surface area contributed by atoms with E-state index in [1.807, 2.05) is 24.3 Å². The number of ether oxygens (including phenoxy) is 3. The number of imide groups is 1. The third kappa shape index (κ3) is 14.8. The van der Waals surface area contributed by atoms with E-state index in [1.165, 1.54) is 25.7 Å². The van der Waals surface area contributed by atoms with Crippen molar-refractivity contribution in [2.75, 3.05) is 19.7 Å². The van der Waals surface area contributed by atoms with E-state index in [-0.39, 0.29) is 19.0 Å². The van der Waals surface area contributed by atoms with Gasteiger partial charge in [0.2, 0.25) is 5.96 Å². The molecule has 1 aromatic rings. The first-order valence-electron chi connectivity index (χ1n) is 15.2. The van der Waals surface area contributed by atoms with Crippen molar-refractivity contribution in [3.05, 3.63) is 40.8 Å². The smallest absolute Gasteiger partial charge is 0.437 e. The van der Waals surface area contributed by atoms with Gasteiger partial charge in [0, 0.05) is 13.1 Å². The van der Waals surface area contributed by atoms with Crippen LogP contribution in [0, 0.1) is 0 Å². The monoisotopic (exact) mass is 632 g/mol. The van der Waals surface area contributed by atoms with Crippen LogP contribution in [0.3, 0.4) is 0 Å². The molecule has 11 nitrogen and oxygen atoms in total. The molecular formula is C32H48N4O7S. The summed E-state index contributed by atoms with van der Waals surface area (Å²) in [4.78, 5) is 55.2. The van der Waals surface area contributed by atoms with E-state index in [1.54, 1.807) is 47.6 Å². The predicted octanol–water partition coefficient (Wildman–Crippen LogP) is 6.95. The van der Waals surface area contributed by atoms with Gasteiger partial charge in [0.15, 0.2) is 0 Å². The minimum absolute atomic E-state index is 0.00852. The van der Waals surface area contributed by atoms with Crippen LogP contribution < -0.4 is 15.4 Å². The Morgan fingerprint density at radius 2 is 1.61 bits per heavy atom. The molecule has 1 aliphatic heterocycles. The Labute approximate surface area is 265 Å². The first kappa shape index (κ1) is 36.7. The molecule has 4 amide bonds. The van der Waals surface area contributed by atoms with Gasteiger partial charge in [-0.3, -0.25) is 19.8 Å². The zero-order valence-corrected chi connectivity index (χ0v) is 27.9.